The van der Waals surface area contributed by atoms with Gasteiger partial charge < -0.3 is 4.74 Å². The highest BCUT2D eigenvalue weighted by molar-refractivity contribution is 7.98. The zero-order valence-corrected chi connectivity index (χ0v) is 7.77. The molecule has 0 aromatic heterocycles. The van der Waals surface area contributed by atoms with Crippen molar-refractivity contribution in [1.29, 1.82) is 0 Å². The third kappa shape index (κ3) is 2.01. The largest absolute Gasteiger partial charge is 0.465 e. The minimum atomic E-state index is -0.342. The van der Waals surface area contributed by atoms with Crippen LogP contribution in [-0.4, -0.2) is 19.3 Å². The third-order valence-corrected chi connectivity index (χ3v) is 2.07. The smallest absolute Gasteiger partial charge is 0.338 e. The van der Waals surface area contributed by atoms with Crippen molar-refractivity contribution in [1.82, 2.24) is 0 Å². The Morgan fingerprint density at radius 3 is 2.92 bits per heavy atom. The summed E-state index contributed by atoms with van der Waals surface area (Å²) < 4.78 is 4.56. The van der Waals surface area contributed by atoms with E-state index in [0.29, 0.717) is 5.56 Å². The highest BCUT2D eigenvalue weighted by Gasteiger charge is 2.04. The molecule has 0 fully saturated rings. The maximum Gasteiger partial charge on any atom is 0.338 e. The van der Waals surface area contributed by atoms with E-state index in [1.54, 1.807) is 17.8 Å². The average Bonchev–Trinajstić information content (AvgIpc) is 2.17. The molecule has 0 aliphatic rings. The van der Waals surface area contributed by atoms with Crippen molar-refractivity contribution in [2.24, 2.45) is 0 Å². The lowest BCUT2D eigenvalue weighted by Gasteiger charge is -1.99. The van der Waals surface area contributed by atoms with E-state index in [0.717, 1.165) is 4.90 Å². The van der Waals surface area contributed by atoms with E-state index in [1.165, 1.54) is 7.11 Å². The molecule has 0 amide bonds. The van der Waals surface area contributed by atoms with Gasteiger partial charge in [0.1, 0.15) is 0 Å². The monoisotopic (exact) mass is 181 g/mol. The van der Waals surface area contributed by atoms with Crippen molar-refractivity contribution < 1.29 is 9.53 Å². The molecule has 0 N–H and O–H groups in total. The second kappa shape index (κ2) is 4.16. The van der Waals surface area contributed by atoms with Crippen molar-refractivity contribution in [3.63, 3.8) is 0 Å². The van der Waals surface area contributed by atoms with Crippen LogP contribution >= 0.6 is 11.8 Å². The number of carbonyl (C=O) groups excluding carboxylic acids is 1. The summed E-state index contributed by atoms with van der Waals surface area (Å²) in [5.74, 6) is -0.342. The number of hydrogen-bond acceptors (Lipinski definition) is 3. The van der Waals surface area contributed by atoms with Gasteiger partial charge in [0.2, 0.25) is 0 Å². The van der Waals surface area contributed by atoms with Crippen molar-refractivity contribution in [2.75, 3.05) is 13.4 Å². The fraction of sp³-hybridized carbons (Fsp3) is 0.222. The maximum absolute atomic E-state index is 11.0. The van der Waals surface area contributed by atoms with E-state index >= 15 is 0 Å². The Labute approximate surface area is 75.9 Å². The first kappa shape index (κ1) is 9.13. The number of carbonyl (C=O) groups is 1. The van der Waals surface area contributed by atoms with Crippen LogP contribution in [-0.2, 0) is 4.74 Å². The average molecular weight is 181 g/mol. The molecule has 0 heterocycles. The van der Waals surface area contributed by atoms with Gasteiger partial charge in [0, 0.05) is 11.0 Å². The molecule has 2 nitrogen and oxygen atoms in total. The van der Waals surface area contributed by atoms with Gasteiger partial charge in [-0.2, -0.15) is 0 Å². The molecule has 1 rings (SSSR count). The minimum absolute atomic E-state index is 0.342. The van der Waals surface area contributed by atoms with Gasteiger partial charge in [-0.05, 0) is 18.4 Å². The highest BCUT2D eigenvalue weighted by atomic mass is 32.2. The number of benzene rings is 1. The van der Waals surface area contributed by atoms with E-state index < -0.39 is 0 Å². The Morgan fingerprint density at radius 1 is 1.58 bits per heavy atom. The van der Waals surface area contributed by atoms with Gasteiger partial charge in [-0.1, -0.05) is 6.07 Å². The molecule has 0 atom stereocenters. The molecule has 1 aromatic carbocycles. The van der Waals surface area contributed by atoms with Crippen LogP contribution in [0.2, 0.25) is 0 Å². The van der Waals surface area contributed by atoms with Gasteiger partial charge in [-0.3, -0.25) is 0 Å². The van der Waals surface area contributed by atoms with Gasteiger partial charge >= 0.3 is 5.97 Å². The van der Waals surface area contributed by atoms with Crippen molar-refractivity contribution >= 4 is 17.7 Å². The molecule has 0 saturated heterocycles. The van der Waals surface area contributed by atoms with Crippen LogP contribution in [0.5, 0.6) is 0 Å². The molecule has 12 heavy (non-hydrogen) atoms. The SMILES string of the molecule is COC(=O)c1[c]c(SC)ccc1. The summed E-state index contributed by atoms with van der Waals surface area (Å²) in [7, 11) is 1.36. The van der Waals surface area contributed by atoms with E-state index in [1.807, 2.05) is 18.4 Å². The molecule has 1 aromatic rings. The van der Waals surface area contributed by atoms with Crippen LogP contribution in [0.15, 0.2) is 23.1 Å². The fourth-order valence-electron chi connectivity index (χ4n) is 0.796. The number of thioether (sulfide) groups is 1. The molecule has 1 radical (unpaired) electrons. The van der Waals surface area contributed by atoms with Crippen LogP contribution in [0, 0.1) is 6.07 Å². The first-order valence-corrected chi connectivity index (χ1v) is 4.65. The molecule has 0 bridgehead atoms. The summed E-state index contributed by atoms with van der Waals surface area (Å²) in [5, 5.41) is 0. The van der Waals surface area contributed by atoms with Gasteiger partial charge in [-0.25, -0.2) is 4.79 Å². The Kier molecular flexibility index (Phi) is 3.17. The normalized spacial score (nSPS) is 9.50. The summed E-state index contributed by atoms with van der Waals surface area (Å²) in [4.78, 5) is 12.0. The number of esters is 1. The van der Waals surface area contributed by atoms with Crippen LogP contribution in [0.1, 0.15) is 10.4 Å². The first-order valence-electron chi connectivity index (χ1n) is 3.42. The highest BCUT2D eigenvalue weighted by Crippen LogP contribution is 2.15. The maximum atomic E-state index is 11.0. The number of rotatable bonds is 2. The predicted molar refractivity (Wildman–Crippen MR) is 48.4 cm³/mol. The Morgan fingerprint density at radius 2 is 2.33 bits per heavy atom. The summed E-state index contributed by atoms with van der Waals surface area (Å²) >= 11 is 1.55. The van der Waals surface area contributed by atoms with Gasteiger partial charge in [0.25, 0.3) is 0 Å². The van der Waals surface area contributed by atoms with E-state index in [2.05, 4.69) is 10.8 Å². The van der Waals surface area contributed by atoms with Crippen molar-refractivity contribution in [3.8, 4) is 0 Å². The molecule has 0 saturated carbocycles. The van der Waals surface area contributed by atoms with Crippen LogP contribution in [0.4, 0.5) is 0 Å². The lowest BCUT2D eigenvalue weighted by Crippen LogP contribution is -2.00. The zero-order chi connectivity index (χ0) is 8.97. The van der Waals surface area contributed by atoms with E-state index in [4.69, 9.17) is 0 Å². The predicted octanol–water partition coefficient (Wildman–Crippen LogP) is 2.00. The quantitative estimate of drug-likeness (QED) is 0.515. The van der Waals surface area contributed by atoms with Crippen LogP contribution in [0.25, 0.3) is 0 Å². The molecule has 0 unspecified atom stereocenters. The fourth-order valence-corrected chi connectivity index (χ4v) is 1.22. The first-order chi connectivity index (χ1) is 5.77. The van der Waals surface area contributed by atoms with E-state index in [-0.39, 0.29) is 5.97 Å². The lowest BCUT2D eigenvalue weighted by molar-refractivity contribution is 0.0600. The molecular weight excluding hydrogens is 172 g/mol. The molecule has 63 valence electrons. The molecular formula is C9H9O2S. The van der Waals surface area contributed by atoms with Crippen molar-refractivity contribution in [3.05, 3.63) is 29.8 Å². The Bertz CT molecular complexity index is 284. The minimum Gasteiger partial charge on any atom is -0.465 e. The second-order valence-corrected chi connectivity index (χ2v) is 2.97. The molecule has 0 aliphatic heterocycles. The Hall–Kier alpha value is -0.960. The number of hydrogen-bond donors (Lipinski definition) is 0. The summed E-state index contributed by atoms with van der Waals surface area (Å²) in [5.41, 5.74) is 0.476. The lowest BCUT2D eigenvalue weighted by atomic mass is 10.2. The number of methoxy groups -OCH3 is 1. The van der Waals surface area contributed by atoms with E-state index in [9.17, 15) is 4.79 Å². The Balaban J connectivity index is 2.93. The molecule has 0 aliphatic carbocycles. The summed E-state index contributed by atoms with van der Waals surface area (Å²) in [6.45, 7) is 0. The van der Waals surface area contributed by atoms with Gasteiger partial charge in [0.05, 0.1) is 12.7 Å². The van der Waals surface area contributed by atoms with Gasteiger partial charge in [-0.15, -0.1) is 11.8 Å². The number of ether oxygens (including phenoxy) is 1. The molecule has 0 spiro atoms. The van der Waals surface area contributed by atoms with Gasteiger partial charge in [0.15, 0.2) is 0 Å². The van der Waals surface area contributed by atoms with Crippen molar-refractivity contribution in [2.45, 2.75) is 4.90 Å². The standard InChI is InChI=1S/C9H9O2S/c1-11-9(10)7-4-3-5-8(6-7)12-2/h3-5H,1-2H3. The van der Waals surface area contributed by atoms with Crippen LogP contribution < -0.4 is 0 Å². The molecule has 3 heteroatoms. The van der Waals surface area contributed by atoms with Crippen LogP contribution in [0.3, 0.4) is 0 Å². The zero-order valence-electron chi connectivity index (χ0n) is 6.96. The summed E-state index contributed by atoms with van der Waals surface area (Å²) in [6, 6.07) is 8.33. The third-order valence-electron chi connectivity index (χ3n) is 1.39. The second-order valence-electron chi connectivity index (χ2n) is 2.12. The summed E-state index contributed by atoms with van der Waals surface area (Å²) in [6.07, 6.45) is 1.94. The topological polar surface area (TPSA) is 26.3 Å².